The van der Waals surface area contributed by atoms with Gasteiger partial charge in [0.1, 0.15) is 0 Å². The molecule has 0 amide bonds. The minimum atomic E-state index is -0.247. The molecule has 9 aromatic carbocycles. The topological polar surface area (TPSA) is 0 Å². The number of benzene rings is 9. The molecule has 262 valence electrons. The van der Waals surface area contributed by atoms with Crippen LogP contribution < -0.4 is 0 Å². The van der Waals surface area contributed by atoms with Crippen molar-refractivity contribution in [3.05, 3.63) is 228 Å². The van der Waals surface area contributed by atoms with Gasteiger partial charge < -0.3 is 0 Å². The molecule has 0 saturated carbocycles. The van der Waals surface area contributed by atoms with Crippen LogP contribution in [0.4, 0.5) is 0 Å². The first-order valence-electron chi connectivity index (χ1n) is 19.1. The third-order valence-corrected chi connectivity index (χ3v) is 13.9. The van der Waals surface area contributed by atoms with E-state index in [2.05, 4.69) is 231 Å². The van der Waals surface area contributed by atoms with Gasteiger partial charge in [-0.15, -0.1) is 11.1 Å². The van der Waals surface area contributed by atoms with Gasteiger partial charge >= 0.3 is 0 Å². The lowest BCUT2D eigenvalue weighted by Gasteiger charge is -2.28. The van der Waals surface area contributed by atoms with E-state index in [1.807, 2.05) is 0 Å². The molecular weight excluding hydrogens is 705 g/mol. The molecule has 0 spiro atoms. The molecule has 0 unspecified atom stereocenters. The average molecular weight is 743 g/mol. The van der Waals surface area contributed by atoms with Gasteiger partial charge in [0.2, 0.25) is 0 Å². The molecule has 0 aromatic heterocycles. The van der Waals surface area contributed by atoms with Gasteiger partial charge in [0.05, 0.1) is 0 Å². The van der Waals surface area contributed by atoms with Crippen molar-refractivity contribution in [3.63, 3.8) is 0 Å². The van der Waals surface area contributed by atoms with Crippen LogP contribution in [0.2, 0.25) is 0 Å². The van der Waals surface area contributed by atoms with E-state index in [1.54, 1.807) is 0 Å². The van der Waals surface area contributed by atoms with Crippen LogP contribution in [0, 0.1) is 22.9 Å². The molecule has 0 aliphatic heterocycles. The van der Waals surface area contributed by atoms with Crippen molar-refractivity contribution in [2.75, 3.05) is 0 Å². The maximum absolute atomic E-state index is 3.79. The number of fused-ring (bicyclic) bond motifs is 4. The Kier molecular flexibility index (Phi) is 9.46. The summed E-state index contributed by atoms with van der Waals surface area (Å²) in [6.45, 7) is 4.66. The molecule has 0 fully saturated rings. The van der Waals surface area contributed by atoms with Crippen LogP contribution >= 0.6 is 0 Å². The van der Waals surface area contributed by atoms with Gasteiger partial charge in [0, 0.05) is 21.2 Å². The lowest BCUT2D eigenvalue weighted by Crippen LogP contribution is -2.30. The first-order valence-corrected chi connectivity index (χ1v) is 21.1. The molecule has 4 radical (unpaired) electrons. The highest BCUT2D eigenvalue weighted by molar-refractivity contribution is 6.52. The molecule has 0 aliphatic rings. The van der Waals surface area contributed by atoms with Gasteiger partial charge in [0.25, 0.3) is 0 Å². The van der Waals surface area contributed by atoms with E-state index >= 15 is 0 Å². The van der Waals surface area contributed by atoms with E-state index in [4.69, 9.17) is 0 Å². The minimum Gasteiger partial charge on any atom is -0.129 e. The zero-order valence-corrected chi connectivity index (χ0v) is 33.5. The Morgan fingerprint density at radius 3 is 0.964 bits per heavy atom. The van der Waals surface area contributed by atoms with Crippen molar-refractivity contribution in [1.82, 2.24) is 0 Å². The van der Waals surface area contributed by atoms with Crippen molar-refractivity contribution in [2.45, 2.75) is 23.9 Å². The molecule has 56 heavy (non-hydrogen) atoms. The van der Waals surface area contributed by atoms with Crippen LogP contribution in [-0.4, -0.2) is 19.0 Å². The third-order valence-electron chi connectivity index (χ3n) is 11.3. The second-order valence-corrected chi connectivity index (χ2v) is 17.7. The Hall–Kier alpha value is -6.43. The fourth-order valence-electron chi connectivity index (χ4n) is 8.03. The summed E-state index contributed by atoms with van der Waals surface area (Å²) >= 11 is 0. The summed E-state index contributed by atoms with van der Waals surface area (Å²) in [6.07, 6.45) is 0. The first-order chi connectivity index (χ1) is 27.5. The monoisotopic (exact) mass is 742 g/mol. The minimum absolute atomic E-state index is 0.247. The summed E-state index contributed by atoms with van der Waals surface area (Å²) in [5, 5.41) is 8.95. The fraction of sp³-hybridized carbons (Fsp3) is 0.0741. The largest absolute Gasteiger partial charge is 0.164 e. The standard InChI is InChI=1S/C54H38Si2/c1-53(43-21-7-3-8-22-43,44-23-9-4-10-24-44)55-33-31-49-47-29-17-18-30-48(47)50(52-38-42-36-40-20-16-15-19-39(40)35-41(42)37-51(49)52)32-34-56-54(2,45-25-11-5-12-26-45)46-27-13-6-14-28-46/h3-30,35-38H,1-2H3. The molecule has 0 saturated heterocycles. The molecule has 0 aliphatic carbocycles. The van der Waals surface area contributed by atoms with Gasteiger partial charge in [-0.05, 0) is 89.6 Å². The lowest BCUT2D eigenvalue weighted by atomic mass is 9.90. The summed E-state index contributed by atoms with van der Waals surface area (Å²) in [5.74, 6) is 7.59. The average Bonchev–Trinajstić information content (AvgIpc) is 3.26. The summed E-state index contributed by atoms with van der Waals surface area (Å²) in [7, 11) is 0.685. The second-order valence-electron chi connectivity index (χ2n) is 14.7. The molecule has 0 N–H and O–H groups in total. The summed E-state index contributed by atoms with van der Waals surface area (Å²) in [5.41, 5.74) is 14.7. The molecular formula is C54H38Si2. The van der Waals surface area contributed by atoms with Crippen LogP contribution in [0.1, 0.15) is 47.2 Å². The predicted octanol–water partition coefficient (Wildman–Crippen LogP) is 12.3. The van der Waals surface area contributed by atoms with Crippen LogP contribution in [0.15, 0.2) is 194 Å². The fourth-order valence-corrected chi connectivity index (χ4v) is 10.1. The van der Waals surface area contributed by atoms with Crippen LogP contribution in [0.3, 0.4) is 0 Å². The zero-order chi connectivity index (χ0) is 38.0. The van der Waals surface area contributed by atoms with Crippen molar-refractivity contribution < 1.29 is 0 Å². The van der Waals surface area contributed by atoms with E-state index in [9.17, 15) is 0 Å². The predicted molar refractivity (Wildman–Crippen MR) is 240 cm³/mol. The lowest BCUT2D eigenvalue weighted by molar-refractivity contribution is 0.813. The van der Waals surface area contributed by atoms with Crippen LogP contribution in [0.25, 0.3) is 43.1 Å². The molecule has 0 heterocycles. The summed E-state index contributed by atoms with van der Waals surface area (Å²) < 4.78 is 0. The number of hydrogen-bond acceptors (Lipinski definition) is 0. The summed E-state index contributed by atoms with van der Waals surface area (Å²) in [6, 6.07) is 70.0. The Morgan fingerprint density at radius 2 is 0.625 bits per heavy atom. The Balaban J connectivity index is 1.25. The molecule has 0 nitrogen and oxygen atoms in total. The molecule has 0 atom stereocenters. The number of hydrogen-bond donors (Lipinski definition) is 0. The van der Waals surface area contributed by atoms with Crippen LogP contribution in [0.5, 0.6) is 0 Å². The van der Waals surface area contributed by atoms with E-state index in [1.165, 1.54) is 43.8 Å². The van der Waals surface area contributed by atoms with Gasteiger partial charge in [-0.2, -0.15) is 0 Å². The maximum atomic E-state index is 3.79. The zero-order valence-electron chi connectivity index (χ0n) is 31.5. The first kappa shape index (κ1) is 35.3. The number of rotatable bonds is 6. The molecule has 9 rings (SSSR count). The molecule has 9 aromatic rings. The smallest absolute Gasteiger partial charge is 0.129 e. The second kappa shape index (κ2) is 15.0. The maximum Gasteiger partial charge on any atom is 0.164 e. The van der Waals surface area contributed by atoms with Gasteiger partial charge in [-0.1, -0.05) is 196 Å². The molecule has 0 bridgehead atoms. The van der Waals surface area contributed by atoms with Gasteiger partial charge in [-0.25, -0.2) is 0 Å². The van der Waals surface area contributed by atoms with E-state index in [0.717, 1.165) is 32.7 Å². The molecule has 2 heteroatoms. The van der Waals surface area contributed by atoms with Crippen molar-refractivity contribution in [2.24, 2.45) is 0 Å². The highest BCUT2D eigenvalue weighted by atomic mass is 28.2. The highest BCUT2D eigenvalue weighted by Gasteiger charge is 2.30. The van der Waals surface area contributed by atoms with Crippen molar-refractivity contribution >= 4 is 62.1 Å². The summed E-state index contributed by atoms with van der Waals surface area (Å²) in [4.78, 5) is 0. The van der Waals surface area contributed by atoms with Crippen molar-refractivity contribution in [1.29, 1.82) is 0 Å². The van der Waals surface area contributed by atoms with E-state index < -0.39 is 0 Å². The van der Waals surface area contributed by atoms with Crippen molar-refractivity contribution in [3.8, 4) is 22.9 Å². The third kappa shape index (κ3) is 6.54. The van der Waals surface area contributed by atoms with Gasteiger partial charge in [-0.3, -0.25) is 0 Å². The Labute approximate surface area is 334 Å². The van der Waals surface area contributed by atoms with E-state index in [-0.39, 0.29) is 10.1 Å². The Morgan fingerprint density at radius 1 is 0.321 bits per heavy atom. The highest BCUT2D eigenvalue weighted by Crippen LogP contribution is 2.37. The van der Waals surface area contributed by atoms with Gasteiger partial charge in [0.15, 0.2) is 19.0 Å². The quantitative estimate of drug-likeness (QED) is 0.0904. The van der Waals surface area contributed by atoms with E-state index in [0.29, 0.717) is 19.0 Å². The normalized spacial score (nSPS) is 11.6. The SMILES string of the molecule is CC([Si]C#Cc1c2ccccc2c(C#C[Si]C(C)(c2ccccc2)c2ccccc2)c2cc3cc4ccccc4cc3cc12)(c1ccccc1)c1ccccc1. The van der Waals surface area contributed by atoms with Crippen LogP contribution in [-0.2, 0) is 10.1 Å². The Bertz CT molecular complexity index is 2700.